The fourth-order valence-corrected chi connectivity index (χ4v) is 2.14. The lowest BCUT2D eigenvalue weighted by Crippen LogP contribution is -2.02. The van der Waals surface area contributed by atoms with Crippen LogP contribution in [-0.4, -0.2) is 31.3 Å². The van der Waals surface area contributed by atoms with Crippen LogP contribution in [0.25, 0.3) is 0 Å². The van der Waals surface area contributed by atoms with Crippen LogP contribution in [0.3, 0.4) is 0 Å². The van der Waals surface area contributed by atoms with Crippen LogP contribution in [0.4, 0.5) is 5.82 Å². The first-order valence-corrected chi connectivity index (χ1v) is 6.12. The largest absolute Gasteiger partial charge is 0.370 e. The van der Waals surface area contributed by atoms with Crippen molar-refractivity contribution >= 4 is 17.6 Å². The Balaban J connectivity index is 2.23. The van der Waals surface area contributed by atoms with Gasteiger partial charge in [-0.1, -0.05) is 0 Å². The molecule has 0 saturated heterocycles. The molecule has 0 saturated carbocycles. The molecule has 0 fully saturated rings. The van der Waals surface area contributed by atoms with Crippen molar-refractivity contribution < 1.29 is 0 Å². The number of hydrogen-bond acceptors (Lipinski definition) is 6. The van der Waals surface area contributed by atoms with Crippen molar-refractivity contribution in [1.82, 2.24) is 24.7 Å². The number of anilines is 1. The molecule has 17 heavy (non-hydrogen) atoms. The van der Waals surface area contributed by atoms with E-state index >= 15 is 0 Å². The lowest BCUT2D eigenvalue weighted by Gasteiger charge is -2.05. The summed E-state index contributed by atoms with van der Waals surface area (Å²) in [6.45, 7) is 4.75. The van der Waals surface area contributed by atoms with E-state index in [1.165, 1.54) is 11.8 Å². The molecule has 2 aromatic heterocycles. The molecule has 0 aliphatic heterocycles. The van der Waals surface area contributed by atoms with Crippen LogP contribution in [0.5, 0.6) is 0 Å². The van der Waals surface area contributed by atoms with Gasteiger partial charge in [-0.2, -0.15) is 0 Å². The normalized spacial score (nSPS) is 10.5. The van der Waals surface area contributed by atoms with E-state index in [0.717, 1.165) is 28.4 Å². The van der Waals surface area contributed by atoms with Gasteiger partial charge in [0.25, 0.3) is 0 Å². The van der Waals surface area contributed by atoms with Crippen LogP contribution >= 0.6 is 11.8 Å². The predicted molar refractivity (Wildman–Crippen MR) is 66.1 cm³/mol. The van der Waals surface area contributed by atoms with Crippen molar-refractivity contribution in [1.29, 1.82) is 0 Å². The standard InChI is InChI=1S/C10H14N6S/c1-4-11-8-5-9(14-7(2)13-8)17-10-15-12-6-16(10)3/h5-6H,4H2,1-3H3,(H,11,13,14). The lowest BCUT2D eigenvalue weighted by molar-refractivity contribution is 0.786. The average molecular weight is 250 g/mol. The van der Waals surface area contributed by atoms with E-state index in [1.54, 1.807) is 6.33 Å². The second-order valence-corrected chi connectivity index (χ2v) is 4.48. The molecule has 6 nitrogen and oxygen atoms in total. The zero-order valence-electron chi connectivity index (χ0n) is 10.0. The van der Waals surface area contributed by atoms with E-state index in [4.69, 9.17) is 0 Å². The van der Waals surface area contributed by atoms with Crippen molar-refractivity contribution in [3.8, 4) is 0 Å². The molecule has 0 unspecified atom stereocenters. The number of nitrogens with one attached hydrogen (secondary N) is 1. The van der Waals surface area contributed by atoms with Crippen molar-refractivity contribution in [2.24, 2.45) is 7.05 Å². The fraction of sp³-hybridized carbons (Fsp3) is 0.400. The zero-order chi connectivity index (χ0) is 12.3. The number of aromatic nitrogens is 5. The van der Waals surface area contributed by atoms with Gasteiger partial charge >= 0.3 is 0 Å². The van der Waals surface area contributed by atoms with Gasteiger partial charge in [0.05, 0.1) is 0 Å². The zero-order valence-corrected chi connectivity index (χ0v) is 10.8. The highest BCUT2D eigenvalue weighted by Crippen LogP contribution is 2.24. The van der Waals surface area contributed by atoms with E-state index in [1.807, 2.05) is 31.5 Å². The lowest BCUT2D eigenvalue weighted by atomic mass is 10.5. The summed E-state index contributed by atoms with van der Waals surface area (Å²) in [6.07, 6.45) is 1.67. The highest BCUT2D eigenvalue weighted by molar-refractivity contribution is 7.99. The Hall–Kier alpha value is -1.63. The summed E-state index contributed by atoms with van der Waals surface area (Å²) in [5.41, 5.74) is 0. The van der Waals surface area contributed by atoms with Crippen molar-refractivity contribution in [2.45, 2.75) is 24.0 Å². The fourth-order valence-electron chi connectivity index (χ4n) is 1.32. The summed E-state index contributed by atoms with van der Waals surface area (Å²) in [4.78, 5) is 8.66. The first kappa shape index (κ1) is 11.8. The first-order valence-electron chi connectivity index (χ1n) is 5.30. The SMILES string of the molecule is CCNc1cc(Sc2nncn2C)nc(C)n1. The van der Waals surface area contributed by atoms with Crippen molar-refractivity contribution in [3.63, 3.8) is 0 Å². The van der Waals surface area contributed by atoms with Crippen molar-refractivity contribution in [3.05, 3.63) is 18.2 Å². The summed E-state index contributed by atoms with van der Waals surface area (Å²) < 4.78 is 1.86. The highest BCUT2D eigenvalue weighted by Gasteiger charge is 2.07. The molecule has 0 aromatic carbocycles. The quantitative estimate of drug-likeness (QED) is 0.829. The van der Waals surface area contributed by atoms with Crippen LogP contribution in [-0.2, 0) is 7.05 Å². The monoisotopic (exact) mass is 250 g/mol. The molecule has 0 radical (unpaired) electrons. The minimum atomic E-state index is 0.744. The Labute approximate surface area is 104 Å². The van der Waals surface area contributed by atoms with E-state index in [-0.39, 0.29) is 0 Å². The summed E-state index contributed by atoms with van der Waals surface area (Å²) in [7, 11) is 1.90. The summed E-state index contributed by atoms with van der Waals surface area (Å²) in [6, 6.07) is 1.91. The maximum Gasteiger partial charge on any atom is 0.197 e. The first-order chi connectivity index (χ1) is 8.19. The van der Waals surface area contributed by atoms with Crippen molar-refractivity contribution in [2.75, 3.05) is 11.9 Å². The molecule has 0 spiro atoms. The Bertz CT molecular complexity index is 509. The van der Waals surface area contributed by atoms with Crippen LogP contribution in [0.1, 0.15) is 12.7 Å². The molecule has 0 aliphatic carbocycles. The molecular weight excluding hydrogens is 236 g/mol. The molecule has 7 heteroatoms. The topological polar surface area (TPSA) is 68.5 Å². The van der Waals surface area contributed by atoms with Crippen LogP contribution in [0, 0.1) is 6.92 Å². The van der Waals surface area contributed by atoms with Gasteiger partial charge in [-0.3, -0.25) is 0 Å². The smallest absolute Gasteiger partial charge is 0.197 e. The Kier molecular flexibility index (Phi) is 3.58. The Morgan fingerprint density at radius 1 is 1.41 bits per heavy atom. The molecular formula is C10H14N6S. The third kappa shape index (κ3) is 2.94. The van der Waals surface area contributed by atoms with Crippen LogP contribution in [0.15, 0.2) is 22.6 Å². The van der Waals surface area contributed by atoms with E-state index in [0.29, 0.717) is 0 Å². The number of rotatable bonds is 4. The van der Waals surface area contributed by atoms with Gasteiger partial charge in [-0.05, 0) is 25.6 Å². The summed E-state index contributed by atoms with van der Waals surface area (Å²) in [5.74, 6) is 1.58. The Morgan fingerprint density at radius 3 is 2.88 bits per heavy atom. The molecule has 0 atom stereocenters. The number of hydrogen-bond donors (Lipinski definition) is 1. The van der Waals surface area contributed by atoms with Gasteiger partial charge < -0.3 is 9.88 Å². The second kappa shape index (κ2) is 5.13. The van der Waals surface area contributed by atoms with Gasteiger partial charge in [-0.25, -0.2) is 9.97 Å². The predicted octanol–water partition coefficient (Wildman–Crippen LogP) is 1.50. The van der Waals surface area contributed by atoms with Gasteiger partial charge in [0.15, 0.2) is 5.16 Å². The molecule has 2 aromatic rings. The molecule has 90 valence electrons. The Morgan fingerprint density at radius 2 is 2.24 bits per heavy atom. The maximum atomic E-state index is 4.36. The minimum Gasteiger partial charge on any atom is -0.370 e. The summed E-state index contributed by atoms with van der Waals surface area (Å²) >= 11 is 1.47. The molecule has 2 heterocycles. The minimum absolute atomic E-state index is 0.744. The van der Waals surface area contributed by atoms with E-state index < -0.39 is 0 Å². The molecule has 0 bridgehead atoms. The van der Waals surface area contributed by atoms with Gasteiger partial charge in [0.2, 0.25) is 0 Å². The van der Waals surface area contributed by atoms with Crippen LogP contribution in [0.2, 0.25) is 0 Å². The van der Waals surface area contributed by atoms with E-state index in [2.05, 4.69) is 25.5 Å². The second-order valence-electron chi connectivity index (χ2n) is 3.50. The summed E-state index contributed by atoms with van der Waals surface area (Å²) in [5, 5.41) is 12.7. The third-order valence-electron chi connectivity index (χ3n) is 2.04. The number of aryl methyl sites for hydroxylation is 2. The maximum absolute atomic E-state index is 4.36. The van der Waals surface area contributed by atoms with Gasteiger partial charge in [-0.15, -0.1) is 10.2 Å². The number of nitrogens with zero attached hydrogens (tertiary/aromatic N) is 5. The average Bonchev–Trinajstić information content (AvgIpc) is 2.64. The highest BCUT2D eigenvalue weighted by atomic mass is 32.2. The van der Waals surface area contributed by atoms with Gasteiger partial charge in [0, 0.05) is 19.7 Å². The van der Waals surface area contributed by atoms with Gasteiger partial charge in [0.1, 0.15) is 23.0 Å². The molecule has 2 rings (SSSR count). The molecule has 0 aliphatic rings. The van der Waals surface area contributed by atoms with Crippen LogP contribution < -0.4 is 5.32 Å². The molecule has 1 N–H and O–H groups in total. The molecule has 0 amide bonds. The van der Waals surface area contributed by atoms with E-state index in [9.17, 15) is 0 Å². The third-order valence-corrected chi connectivity index (χ3v) is 3.01.